The standard InChI is InChI=1S/C22H31FO/c1-3-16-5-7-17(8-6-16)18-9-11-19(12-10-18)20-13-14-22(24-4-2)21(23)15-20/h3,13-19H,1,4-12H2,2H3. The van der Waals surface area contributed by atoms with Gasteiger partial charge in [0.1, 0.15) is 0 Å². The summed E-state index contributed by atoms with van der Waals surface area (Å²) in [6.07, 6.45) is 12.6. The van der Waals surface area contributed by atoms with Crippen molar-refractivity contribution in [2.45, 2.75) is 64.2 Å². The molecule has 0 spiro atoms. The Bertz CT molecular complexity index is 537. The number of halogens is 1. The molecule has 0 amide bonds. The SMILES string of the molecule is C=CC1CCC(C2CCC(c3ccc(OCC)c(F)c3)CC2)CC1. The first-order valence-electron chi connectivity index (χ1n) is 9.76. The number of benzene rings is 1. The van der Waals surface area contributed by atoms with Crippen LogP contribution in [0.5, 0.6) is 5.75 Å². The topological polar surface area (TPSA) is 9.23 Å². The van der Waals surface area contributed by atoms with Crippen LogP contribution in [0.4, 0.5) is 4.39 Å². The van der Waals surface area contributed by atoms with Crippen LogP contribution in [-0.2, 0) is 0 Å². The molecule has 1 aromatic carbocycles. The predicted molar refractivity (Wildman–Crippen MR) is 97.9 cm³/mol. The number of hydrogen-bond donors (Lipinski definition) is 0. The average Bonchev–Trinajstić information content (AvgIpc) is 2.64. The van der Waals surface area contributed by atoms with Gasteiger partial charge in [-0.25, -0.2) is 4.39 Å². The van der Waals surface area contributed by atoms with Crippen molar-refractivity contribution in [3.8, 4) is 5.75 Å². The van der Waals surface area contributed by atoms with Crippen LogP contribution in [0.1, 0.15) is 69.8 Å². The molecule has 2 aliphatic rings. The van der Waals surface area contributed by atoms with Gasteiger partial charge in [-0.05, 0) is 99.7 Å². The molecule has 0 aliphatic heterocycles. The van der Waals surface area contributed by atoms with Crippen LogP contribution in [0.25, 0.3) is 0 Å². The van der Waals surface area contributed by atoms with Crippen molar-refractivity contribution < 1.29 is 9.13 Å². The van der Waals surface area contributed by atoms with Gasteiger partial charge in [-0.15, -0.1) is 6.58 Å². The second kappa shape index (κ2) is 8.18. The minimum atomic E-state index is -0.209. The van der Waals surface area contributed by atoms with Crippen molar-refractivity contribution in [1.29, 1.82) is 0 Å². The number of ether oxygens (including phenoxy) is 1. The van der Waals surface area contributed by atoms with Crippen LogP contribution in [0.3, 0.4) is 0 Å². The van der Waals surface area contributed by atoms with Crippen LogP contribution >= 0.6 is 0 Å². The average molecular weight is 330 g/mol. The van der Waals surface area contributed by atoms with Gasteiger partial charge < -0.3 is 4.74 Å². The van der Waals surface area contributed by atoms with Crippen LogP contribution in [0.2, 0.25) is 0 Å². The molecule has 1 nitrogen and oxygen atoms in total. The number of allylic oxidation sites excluding steroid dienone is 1. The smallest absolute Gasteiger partial charge is 0.165 e. The Morgan fingerprint density at radius 3 is 2.21 bits per heavy atom. The van der Waals surface area contributed by atoms with Gasteiger partial charge >= 0.3 is 0 Å². The highest BCUT2D eigenvalue weighted by molar-refractivity contribution is 5.31. The minimum absolute atomic E-state index is 0.209. The molecule has 2 heteroatoms. The summed E-state index contributed by atoms with van der Waals surface area (Å²) in [7, 11) is 0. The summed E-state index contributed by atoms with van der Waals surface area (Å²) < 4.78 is 19.4. The molecule has 24 heavy (non-hydrogen) atoms. The number of rotatable bonds is 5. The first kappa shape index (κ1) is 17.5. The monoisotopic (exact) mass is 330 g/mol. The van der Waals surface area contributed by atoms with Gasteiger partial charge in [0.2, 0.25) is 0 Å². The lowest BCUT2D eigenvalue weighted by Gasteiger charge is -2.37. The molecule has 2 aliphatic carbocycles. The van der Waals surface area contributed by atoms with E-state index in [9.17, 15) is 4.39 Å². The summed E-state index contributed by atoms with van der Waals surface area (Å²) in [5.41, 5.74) is 1.16. The minimum Gasteiger partial charge on any atom is -0.491 e. The van der Waals surface area contributed by atoms with E-state index in [4.69, 9.17) is 4.74 Å². The van der Waals surface area contributed by atoms with Gasteiger partial charge in [-0.2, -0.15) is 0 Å². The fraction of sp³-hybridized carbons (Fsp3) is 0.636. The van der Waals surface area contributed by atoms with Crippen molar-refractivity contribution >= 4 is 0 Å². The molecule has 0 bridgehead atoms. The normalized spacial score (nSPS) is 30.8. The molecule has 2 saturated carbocycles. The predicted octanol–water partition coefficient (Wildman–Crippen LogP) is 6.49. The summed E-state index contributed by atoms with van der Waals surface area (Å²) in [4.78, 5) is 0. The summed E-state index contributed by atoms with van der Waals surface area (Å²) in [6, 6.07) is 5.57. The Morgan fingerprint density at radius 2 is 1.67 bits per heavy atom. The van der Waals surface area contributed by atoms with Gasteiger partial charge in [0.05, 0.1) is 6.61 Å². The van der Waals surface area contributed by atoms with Crippen LogP contribution in [-0.4, -0.2) is 6.61 Å². The van der Waals surface area contributed by atoms with E-state index in [1.54, 1.807) is 12.1 Å². The lowest BCUT2D eigenvalue weighted by atomic mass is 9.68. The van der Waals surface area contributed by atoms with E-state index in [-0.39, 0.29) is 5.82 Å². The fourth-order valence-electron chi connectivity index (χ4n) is 4.82. The fourth-order valence-corrected chi connectivity index (χ4v) is 4.82. The van der Waals surface area contributed by atoms with Gasteiger partial charge in [0.25, 0.3) is 0 Å². The summed E-state index contributed by atoms with van der Waals surface area (Å²) in [6.45, 7) is 6.35. The summed E-state index contributed by atoms with van der Waals surface area (Å²) >= 11 is 0. The first-order chi connectivity index (χ1) is 11.7. The molecule has 0 radical (unpaired) electrons. The maximum Gasteiger partial charge on any atom is 0.165 e. The Hall–Kier alpha value is -1.31. The highest BCUT2D eigenvalue weighted by atomic mass is 19.1. The van der Waals surface area contributed by atoms with Crippen molar-refractivity contribution in [1.82, 2.24) is 0 Å². The Morgan fingerprint density at radius 1 is 1.04 bits per heavy atom. The Kier molecular flexibility index (Phi) is 5.97. The number of hydrogen-bond acceptors (Lipinski definition) is 1. The third kappa shape index (κ3) is 4.02. The third-order valence-electron chi connectivity index (χ3n) is 6.32. The van der Waals surface area contributed by atoms with E-state index >= 15 is 0 Å². The highest BCUT2D eigenvalue weighted by Crippen LogP contribution is 2.44. The van der Waals surface area contributed by atoms with Gasteiger partial charge in [0, 0.05) is 0 Å². The molecular weight excluding hydrogens is 299 g/mol. The van der Waals surface area contributed by atoms with Gasteiger partial charge in [-0.3, -0.25) is 0 Å². The first-order valence-corrected chi connectivity index (χ1v) is 9.76. The van der Waals surface area contributed by atoms with E-state index in [0.29, 0.717) is 18.3 Å². The van der Waals surface area contributed by atoms with Crippen LogP contribution in [0.15, 0.2) is 30.9 Å². The molecule has 132 valence electrons. The molecule has 0 unspecified atom stereocenters. The zero-order valence-electron chi connectivity index (χ0n) is 15.0. The van der Waals surface area contributed by atoms with E-state index < -0.39 is 0 Å². The van der Waals surface area contributed by atoms with Gasteiger partial charge in [-0.1, -0.05) is 12.1 Å². The highest BCUT2D eigenvalue weighted by Gasteiger charge is 2.30. The maximum absolute atomic E-state index is 14.1. The zero-order valence-corrected chi connectivity index (χ0v) is 15.0. The molecule has 0 saturated heterocycles. The molecule has 3 rings (SSSR count). The van der Waals surface area contributed by atoms with Crippen molar-refractivity contribution in [2.75, 3.05) is 6.61 Å². The quantitative estimate of drug-likeness (QED) is 0.561. The molecule has 0 heterocycles. The van der Waals surface area contributed by atoms with E-state index in [1.165, 1.54) is 51.4 Å². The Balaban J connectivity index is 1.53. The van der Waals surface area contributed by atoms with Crippen LogP contribution < -0.4 is 4.74 Å². The maximum atomic E-state index is 14.1. The second-order valence-electron chi connectivity index (χ2n) is 7.65. The molecule has 2 fully saturated rings. The molecule has 0 atom stereocenters. The lowest BCUT2D eigenvalue weighted by molar-refractivity contribution is 0.171. The van der Waals surface area contributed by atoms with Crippen molar-refractivity contribution in [3.63, 3.8) is 0 Å². The van der Waals surface area contributed by atoms with Crippen molar-refractivity contribution in [2.24, 2.45) is 17.8 Å². The van der Waals surface area contributed by atoms with Gasteiger partial charge in [0.15, 0.2) is 11.6 Å². The van der Waals surface area contributed by atoms with E-state index in [2.05, 4.69) is 18.7 Å². The van der Waals surface area contributed by atoms with E-state index in [0.717, 1.165) is 23.3 Å². The lowest BCUT2D eigenvalue weighted by Crippen LogP contribution is -2.25. The molecule has 0 aromatic heterocycles. The molecule has 0 N–H and O–H groups in total. The molecular formula is C22H31FO. The summed E-state index contributed by atoms with van der Waals surface area (Å²) in [5, 5.41) is 0. The van der Waals surface area contributed by atoms with E-state index in [1.807, 2.05) is 6.92 Å². The summed E-state index contributed by atoms with van der Waals surface area (Å²) in [5.74, 6) is 3.26. The molecule has 1 aromatic rings. The van der Waals surface area contributed by atoms with Crippen LogP contribution in [0, 0.1) is 23.6 Å². The largest absolute Gasteiger partial charge is 0.491 e. The Labute approximate surface area is 146 Å². The third-order valence-corrected chi connectivity index (χ3v) is 6.32. The second-order valence-corrected chi connectivity index (χ2v) is 7.65. The van der Waals surface area contributed by atoms with Crippen molar-refractivity contribution in [3.05, 3.63) is 42.2 Å². The zero-order chi connectivity index (χ0) is 16.9.